The van der Waals surface area contributed by atoms with Crippen molar-refractivity contribution in [2.75, 3.05) is 26.7 Å². The quantitative estimate of drug-likeness (QED) is 0.633. The second-order valence-electron chi connectivity index (χ2n) is 4.29. The van der Waals surface area contributed by atoms with Gasteiger partial charge in [-0.25, -0.2) is 0 Å². The molecule has 1 saturated heterocycles. The summed E-state index contributed by atoms with van der Waals surface area (Å²) in [6.45, 7) is 5.29. The summed E-state index contributed by atoms with van der Waals surface area (Å²) >= 11 is 0. The van der Waals surface area contributed by atoms with Gasteiger partial charge < -0.3 is 4.90 Å². The van der Waals surface area contributed by atoms with E-state index in [9.17, 15) is 13.6 Å². The third-order valence-electron chi connectivity index (χ3n) is 2.81. The zero-order valence-electron chi connectivity index (χ0n) is 8.76. The van der Waals surface area contributed by atoms with E-state index in [1.807, 2.05) is 20.9 Å². The van der Waals surface area contributed by atoms with E-state index in [-0.39, 0.29) is 5.54 Å². The molecule has 0 N–H and O–H groups in total. The molecule has 14 heavy (non-hydrogen) atoms. The van der Waals surface area contributed by atoms with Gasteiger partial charge in [0.25, 0.3) is 5.91 Å². The molecule has 1 aliphatic rings. The molecule has 0 bridgehead atoms. The zero-order chi connectivity index (χ0) is 10.9. The Labute approximate surface area is 82.7 Å². The van der Waals surface area contributed by atoms with Crippen LogP contribution >= 0.6 is 0 Å². The van der Waals surface area contributed by atoms with Crippen molar-refractivity contribution in [1.29, 1.82) is 0 Å². The van der Waals surface area contributed by atoms with Gasteiger partial charge in [0.05, 0.1) is 0 Å². The maximum Gasteiger partial charge on any atom is 0.315 e. The van der Waals surface area contributed by atoms with Crippen molar-refractivity contribution in [3.63, 3.8) is 0 Å². The van der Waals surface area contributed by atoms with Gasteiger partial charge in [0.15, 0.2) is 0 Å². The van der Waals surface area contributed by atoms with Crippen molar-refractivity contribution in [3.8, 4) is 0 Å². The van der Waals surface area contributed by atoms with Gasteiger partial charge in [0, 0.05) is 25.2 Å². The lowest BCUT2D eigenvalue weighted by molar-refractivity contribution is -0.147. The first-order valence-electron chi connectivity index (χ1n) is 4.63. The summed E-state index contributed by atoms with van der Waals surface area (Å²) in [4.78, 5) is 14.4. The highest BCUT2D eigenvalue weighted by atomic mass is 19.3. The molecule has 0 spiro atoms. The normalized spacial score (nSPS) is 22.9. The van der Waals surface area contributed by atoms with Crippen molar-refractivity contribution in [2.24, 2.45) is 0 Å². The van der Waals surface area contributed by atoms with Crippen LogP contribution < -0.4 is 0 Å². The molecule has 5 heteroatoms. The summed E-state index contributed by atoms with van der Waals surface area (Å²) in [6, 6.07) is 0. The first-order valence-corrected chi connectivity index (χ1v) is 4.63. The number of rotatable bonds is 1. The fraction of sp³-hybridized carbons (Fsp3) is 0.889. The molecule has 1 amide bonds. The van der Waals surface area contributed by atoms with Crippen LogP contribution in [0.5, 0.6) is 0 Å². The van der Waals surface area contributed by atoms with Crippen LogP contribution in [0.15, 0.2) is 0 Å². The summed E-state index contributed by atoms with van der Waals surface area (Å²) in [5.41, 5.74) is -0.219. The number of nitrogens with zero attached hydrogens (tertiary/aromatic N) is 2. The third kappa shape index (κ3) is 2.20. The van der Waals surface area contributed by atoms with Crippen molar-refractivity contribution >= 4 is 5.91 Å². The minimum Gasteiger partial charge on any atom is -0.335 e. The lowest BCUT2D eigenvalue weighted by Gasteiger charge is -2.45. The van der Waals surface area contributed by atoms with E-state index in [4.69, 9.17) is 0 Å². The molecular formula is C9H16F2N2O. The Hall–Kier alpha value is -0.710. The highest BCUT2D eigenvalue weighted by molar-refractivity contribution is 5.79. The Bertz CT molecular complexity index is 231. The predicted molar refractivity (Wildman–Crippen MR) is 49.3 cm³/mol. The smallest absolute Gasteiger partial charge is 0.315 e. The average Bonchev–Trinajstić information content (AvgIpc) is 2.08. The van der Waals surface area contributed by atoms with E-state index in [0.717, 1.165) is 0 Å². The molecule has 1 heterocycles. The van der Waals surface area contributed by atoms with Crippen LogP contribution in [0.25, 0.3) is 0 Å². The van der Waals surface area contributed by atoms with Gasteiger partial charge in [-0.3, -0.25) is 9.69 Å². The monoisotopic (exact) mass is 206 g/mol. The molecule has 0 aromatic rings. The topological polar surface area (TPSA) is 23.6 Å². The average molecular weight is 206 g/mol. The van der Waals surface area contributed by atoms with Gasteiger partial charge in [0.2, 0.25) is 0 Å². The van der Waals surface area contributed by atoms with E-state index in [1.54, 1.807) is 0 Å². The summed E-state index contributed by atoms with van der Waals surface area (Å²) in [5.74, 6) is -1.05. The molecule has 0 aliphatic carbocycles. The summed E-state index contributed by atoms with van der Waals surface area (Å²) in [7, 11) is 1.93. The highest BCUT2D eigenvalue weighted by Crippen LogP contribution is 2.19. The molecular weight excluding hydrogens is 190 g/mol. The molecule has 0 unspecified atom stereocenters. The van der Waals surface area contributed by atoms with Gasteiger partial charge >= 0.3 is 6.43 Å². The fourth-order valence-corrected chi connectivity index (χ4v) is 1.57. The minimum absolute atomic E-state index is 0.219. The van der Waals surface area contributed by atoms with Crippen molar-refractivity contribution in [3.05, 3.63) is 0 Å². The molecule has 3 nitrogen and oxygen atoms in total. The number of halogens is 2. The molecule has 0 atom stereocenters. The van der Waals surface area contributed by atoms with Gasteiger partial charge in [-0.1, -0.05) is 0 Å². The van der Waals surface area contributed by atoms with Crippen molar-refractivity contribution < 1.29 is 13.6 Å². The van der Waals surface area contributed by atoms with E-state index in [0.29, 0.717) is 19.6 Å². The molecule has 82 valence electrons. The molecule has 0 radical (unpaired) electrons. The number of likely N-dealkylation sites (N-methyl/N-ethyl adjacent to an activating group) is 1. The molecule has 1 fully saturated rings. The second-order valence-corrected chi connectivity index (χ2v) is 4.29. The first-order chi connectivity index (χ1) is 6.34. The number of carbonyl (C=O) groups is 1. The lowest BCUT2D eigenvalue weighted by Crippen LogP contribution is -2.59. The predicted octanol–water partition coefficient (Wildman–Crippen LogP) is 0.804. The standard InChI is InChI=1S/C9H16F2N2O/c1-9(2)6-13(5-4-12(9)3)8(14)7(10)11/h7H,4-6H2,1-3H3. The van der Waals surface area contributed by atoms with Crippen LogP contribution in [0, 0.1) is 0 Å². The first kappa shape index (κ1) is 11.4. The number of alkyl halides is 2. The van der Waals surface area contributed by atoms with E-state index in [1.165, 1.54) is 4.90 Å². The SMILES string of the molecule is CN1CCN(C(=O)C(F)F)CC1(C)C. The maximum absolute atomic E-state index is 12.2. The molecule has 1 aliphatic heterocycles. The summed E-state index contributed by atoms with van der Waals surface area (Å²) < 4.78 is 24.3. The van der Waals surface area contributed by atoms with E-state index in [2.05, 4.69) is 4.90 Å². The van der Waals surface area contributed by atoms with Crippen LogP contribution in [0.4, 0.5) is 8.78 Å². The number of hydrogen-bond acceptors (Lipinski definition) is 2. The molecule has 0 aromatic carbocycles. The van der Waals surface area contributed by atoms with Gasteiger partial charge in [0.1, 0.15) is 0 Å². The second kappa shape index (κ2) is 3.81. The van der Waals surface area contributed by atoms with Gasteiger partial charge in [-0.2, -0.15) is 8.78 Å². The Kier molecular flexibility index (Phi) is 3.09. The molecule has 0 saturated carbocycles. The molecule has 0 aromatic heterocycles. The van der Waals surface area contributed by atoms with Crippen LogP contribution in [-0.4, -0.2) is 54.4 Å². The Morgan fingerprint density at radius 1 is 1.36 bits per heavy atom. The fourth-order valence-electron chi connectivity index (χ4n) is 1.57. The van der Waals surface area contributed by atoms with Crippen LogP contribution in [0.1, 0.15) is 13.8 Å². The highest BCUT2D eigenvalue weighted by Gasteiger charge is 2.35. The Morgan fingerprint density at radius 3 is 2.36 bits per heavy atom. The Balaban J connectivity index is 2.64. The number of hydrogen-bond donors (Lipinski definition) is 0. The van der Waals surface area contributed by atoms with Crippen LogP contribution in [0.2, 0.25) is 0 Å². The van der Waals surface area contributed by atoms with Crippen LogP contribution in [-0.2, 0) is 4.79 Å². The van der Waals surface area contributed by atoms with Crippen molar-refractivity contribution in [1.82, 2.24) is 9.80 Å². The van der Waals surface area contributed by atoms with E-state index >= 15 is 0 Å². The number of piperazine rings is 1. The third-order valence-corrected chi connectivity index (χ3v) is 2.81. The van der Waals surface area contributed by atoms with Gasteiger partial charge in [-0.05, 0) is 20.9 Å². The lowest BCUT2D eigenvalue weighted by atomic mass is 10.00. The summed E-state index contributed by atoms with van der Waals surface area (Å²) in [6.07, 6.45) is -2.88. The zero-order valence-corrected chi connectivity index (χ0v) is 8.76. The molecule has 1 rings (SSSR count). The minimum atomic E-state index is -2.88. The summed E-state index contributed by atoms with van der Waals surface area (Å²) in [5, 5.41) is 0. The van der Waals surface area contributed by atoms with Crippen molar-refractivity contribution in [2.45, 2.75) is 25.8 Å². The largest absolute Gasteiger partial charge is 0.335 e. The number of amides is 1. The van der Waals surface area contributed by atoms with Gasteiger partial charge in [-0.15, -0.1) is 0 Å². The number of carbonyl (C=O) groups excluding carboxylic acids is 1. The maximum atomic E-state index is 12.2. The van der Waals surface area contributed by atoms with E-state index < -0.39 is 12.3 Å². The van der Waals surface area contributed by atoms with Crippen LogP contribution in [0.3, 0.4) is 0 Å². The Morgan fingerprint density at radius 2 is 1.93 bits per heavy atom.